The van der Waals surface area contributed by atoms with Gasteiger partial charge < -0.3 is 9.47 Å². The van der Waals surface area contributed by atoms with Crippen molar-refractivity contribution in [3.05, 3.63) is 72.3 Å². The van der Waals surface area contributed by atoms with E-state index in [1.54, 1.807) is 37.3 Å². The topological polar surface area (TPSA) is 69.7 Å². The number of carbonyl (C=O) groups is 1. The van der Waals surface area contributed by atoms with E-state index in [4.69, 9.17) is 9.47 Å². The summed E-state index contributed by atoms with van der Waals surface area (Å²) in [6, 6.07) is 14.8. The highest BCUT2D eigenvalue weighted by Gasteiger charge is 2.38. The van der Waals surface area contributed by atoms with Crippen LogP contribution in [0.4, 0.5) is 13.2 Å². The largest absolute Gasteiger partial charge is 0.494 e. The number of hydrogen-bond acceptors (Lipinski definition) is 5. The van der Waals surface area contributed by atoms with Crippen LogP contribution in [0.5, 0.6) is 11.5 Å². The summed E-state index contributed by atoms with van der Waals surface area (Å²) in [5, 5.41) is 0. The summed E-state index contributed by atoms with van der Waals surface area (Å²) in [7, 11) is -4.67. The summed E-state index contributed by atoms with van der Waals surface area (Å²) in [4.78, 5) is 9.94. The number of rotatable bonds is 6. The summed E-state index contributed by atoms with van der Waals surface area (Å²) >= 11 is 0. The molecule has 3 rings (SSSR count). The van der Waals surface area contributed by atoms with Gasteiger partial charge in [-0.25, -0.2) is 8.42 Å². The van der Waals surface area contributed by atoms with Gasteiger partial charge in [0.15, 0.2) is 0 Å². The highest BCUT2D eigenvalue weighted by Crippen LogP contribution is 2.40. The van der Waals surface area contributed by atoms with Crippen LogP contribution in [-0.2, 0) is 20.8 Å². The molecule has 0 saturated carbocycles. The smallest absolute Gasteiger partial charge is 0.417 e. The maximum absolute atomic E-state index is 13.7. The van der Waals surface area contributed by atoms with Crippen molar-refractivity contribution in [2.75, 3.05) is 6.61 Å². The van der Waals surface area contributed by atoms with Crippen molar-refractivity contribution in [1.29, 1.82) is 0 Å². The van der Waals surface area contributed by atoms with E-state index in [0.717, 1.165) is 31.2 Å². The van der Waals surface area contributed by atoms with Crippen LogP contribution in [0.1, 0.15) is 19.4 Å². The SMILES string of the molecule is CCOc1cc(OC(C)=O)cc(S(=O)(=O)c2cc(-c3ccccc3)ccc2C(F)(F)F)c1. The minimum absolute atomic E-state index is 0.0394. The molecule has 168 valence electrons. The quantitative estimate of drug-likeness (QED) is 0.354. The minimum Gasteiger partial charge on any atom is -0.494 e. The van der Waals surface area contributed by atoms with Gasteiger partial charge in [0.1, 0.15) is 11.5 Å². The third-order valence-corrected chi connectivity index (χ3v) is 6.19. The molecular weight excluding hydrogens is 445 g/mol. The van der Waals surface area contributed by atoms with Gasteiger partial charge >= 0.3 is 12.1 Å². The van der Waals surface area contributed by atoms with E-state index in [1.165, 1.54) is 12.1 Å². The third-order valence-electron chi connectivity index (χ3n) is 4.42. The Bertz CT molecular complexity index is 1240. The number of esters is 1. The van der Waals surface area contributed by atoms with E-state index in [2.05, 4.69) is 0 Å². The first-order chi connectivity index (χ1) is 15.0. The van der Waals surface area contributed by atoms with Crippen molar-refractivity contribution in [2.24, 2.45) is 0 Å². The number of ether oxygens (including phenoxy) is 2. The lowest BCUT2D eigenvalue weighted by Crippen LogP contribution is -2.14. The van der Waals surface area contributed by atoms with Crippen molar-refractivity contribution >= 4 is 15.8 Å². The molecule has 0 N–H and O–H groups in total. The number of sulfone groups is 1. The van der Waals surface area contributed by atoms with Gasteiger partial charge in [-0.2, -0.15) is 13.2 Å². The number of carbonyl (C=O) groups excluding carboxylic acids is 1. The average Bonchev–Trinajstić information content (AvgIpc) is 2.73. The Morgan fingerprint density at radius 2 is 1.56 bits per heavy atom. The van der Waals surface area contributed by atoms with Crippen molar-refractivity contribution < 1.29 is 35.9 Å². The van der Waals surface area contributed by atoms with E-state index in [-0.39, 0.29) is 18.1 Å². The second kappa shape index (κ2) is 9.04. The fourth-order valence-electron chi connectivity index (χ4n) is 3.09. The normalized spacial score (nSPS) is 11.8. The molecule has 0 heterocycles. The van der Waals surface area contributed by atoms with Gasteiger partial charge in [0.05, 0.1) is 22.0 Å². The van der Waals surface area contributed by atoms with Crippen LogP contribution in [-0.4, -0.2) is 21.0 Å². The molecule has 0 unspecified atom stereocenters. The zero-order chi connectivity index (χ0) is 23.5. The predicted octanol–water partition coefficient (Wildman–Crippen LogP) is 5.53. The number of halogens is 3. The molecule has 0 fully saturated rings. The van der Waals surface area contributed by atoms with Crippen molar-refractivity contribution in [2.45, 2.75) is 29.8 Å². The number of hydrogen-bond donors (Lipinski definition) is 0. The van der Waals surface area contributed by atoms with E-state index < -0.39 is 37.3 Å². The monoisotopic (exact) mass is 464 g/mol. The van der Waals surface area contributed by atoms with Crippen molar-refractivity contribution in [1.82, 2.24) is 0 Å². The molecule has 0 spiro atoms. The molecule has 0 amide bonds. The first-order valence-corrected chi connectivity index (χ1v) is 11.0. The Labute approximate surface area is 183 Å². The Balaban J connectivity index is 2.25. The van der Waals surface area contributed by atoms with Crippen LogP contribution in [0, 0.1) is 0 Å². The van der Waals surface area contributed by atoms with Crippen LogP contribution in [0.2, 0.25) is 0 Å². The van der Waals surface area contributed by atoms with Crippen LogP contribution in [0.3, 0.4) is 0 Å². The van der Waals surface area contributed by atoms with E-state index >= 15 is 0 Å². The second-order valence-corrected chi connectivity index (χ2v) is 8.66. The fraction of sp³-hybridized carbons (Fsp3) is 0.174. The second-order valence-electron chi connectivity index (χ2n) is 6.74. The summed E-state index contributed by atoms with van der Waals surface area (Å²) in [5.74, 6) is -0.837. The molecular formula is C23H19F3O5S. The van der Waals surface area contributed by atoms with Gasteiger partial charge in [0.25, 0.3) is 0 Å². The number of benzene rings is 3. The molecule has 3 aromatic carbocycles. The lowest BCUT2D eigenvalue weighted by Gasteiger charge is -2.16. The molecule has 0 aliphatic heterocycles. The molecule has 5 nitrogen and oxygen atoms in total. The van der Waals surface area contributed by atoms with Gasteiger partial charge in [0, 0.05) is 19.1 Å². The summed E-state index contributed by atoms with van der Waals surface area (Å²) in [6.07, 6.45) is -4.91. The van der Waals surface area contributed by atoms with Crippen LogP contribution in [0.15, 0.2) is 76.5 Å². The van der Waals surface area contributed by atoms with Crippen LogP contribution < -0.4 is 9.47 Å². The molecule has 0 atom stereocenters. The molecule has 3 aromatic rings. The van der Waals surface area contributed by atoms with Crippen LogP contribution >= 0.6 is 0 Å². The number of alkyl halides is 3. The summed E-state index contributed by atoms with van der Waals surface area (Å²) in [5.41, 5.74) is -0.437. The third kappa shape index (κ3) is 5.11. The molecule has 9 heteroatoms. The van der Waals surface area contributed by atoms with Gasteiger partial charge in [-0.3, -0.25) is 4.79 Å². The molecule has 0 bridgehead atoms. The molecule has 0 radical (unpaired) electrons. The maximum Gasteiger partial charge on any atom is 0.417 e. The highest BCUT2D eigenvalue weighted by atomic mass is 32.2. The predicted molar refractivity (Wildman–Crippen MR) is 111 cm³/mol. The van der Waals surface area contributed by atoms with Crippen molar-refractivity contribution in [3.63, 3.8) is 0 Å². The lowest BCUT2D eigenvalue weighted by molar-refractivity contribution is -0.139. The fourth-order valence-corrected chi connectivity index (χ4v) is 4.64. The van der Waals surface area contributed by atoms with E-state index in [9.17, 15) is 26.4 Å². The molecule has 0 aromatic heterocycles. The van der Waals surface area contributed by atoms with Gasteiger partial charge in [0.2, 0.25) is 9.84 Å². The van der Waals surface area contributed by atoms with Gasteiger partial charge in [-0.05, 0) is 36.2 Å². The molecule has 0 saturated heterocycles. The first kappa shape index (κ1) is 23.3. The van der Waals surface area contributed by atoms with Gasteiger partial charge in [-0.15, -0.1) is 0 Å². The lowest BCUT2D eigenvalue weighted by atomic mass is 10.0. The minimum atomic E-state index is -4.91. The Kier molecular flexibility index (Phi) is 6.59. The molecule has 0 aliphatic carbocycles. The van der Waals surface area contributed by atoms with Gasteiger partial charge in [-0.1, -0.05) is 36.4 Å². The summed E-state index contributed by atoms with van der Waals surface area (Å²) < 4.78 is 78.2. The zero-order valence-electron chi connectivity index (χ0n) is 17.1. The highest BCUT2D eigenvalue weighted by molar-refractivity contribution is 7.91. The Hall–Kier alpha value is -3.33. The molecule has 32 heavy (non-hydrogen) atoms. The maximum atomic E-state index is 13.7. The van der Waals surface area contributed by atoms with Crippen LogP contribution in [0.25, 0.3) is 11.1 Å². The van der Waals surface area contributed by atoms with Crippen molar-refractivity contribution in [3.8, 4) is 22.6 Å². The first-order valence-electron chi connectivity index (χ1n) is 9.50. The zero-order valence-corrected chi connectivity index (χ0v) is 18.0. The van der Waals surface area contributed by atoms with E-state index in [0.29, 0.717) is 11.1 Å². The average molecular weight is 464 g/mol. The molecule has 0 aliphatic rings. The van der Waals surface area contributed by atoms with E-state index in [1.807, 2.05) is 0 Å². The Morgan fingerprint density at radius 3 is 2.16 bits per heavy atom. The standard InChI is InChI=1S/C23H19F3O5S/c1-3-30-18-12-19(31-15(2)27)14-20(13-18)32(28,29)22-11-17(16-7-5-4-6-8-16)9-10-21(22)23(24,25)26/h4-14H,3H2,1-2H3. The Morgan fingerprint density at radius 1 is 0.906 bits per heavy atom. The summed E-state index contributed by atoms with van der Waals surface area (Å²) in [6.45, 7) is 2.94.